The molecule has 2 heterocycles. The molecule has 1 fully saturated rings. The van der Waals surface area contributed by atoms with E-state index in [0.29, 0.717) is 12.1 Å². The fourth-order valence-electron chi connectivity index (χ4n) is 3.33. The standard InChI is InChI=1S/C19H21FN2O5/c1-12-8-16(13(2)21(12)10-15-4-3-7-26-15)18(23)11-27-19-9-14(20)5-6-17(19)22(24)25/h5-6,8-9,15H,3-4,7,10-11H2,1-2H3/t15-/m1/s1. The normalized spacial score (nSPS) is 16.5. The first-order valence-electron chi connectivity index (χ1n) is 8.75. The summed E-state index contributed by atoms with van der Waals surface area (Å²) in [6.45, 7) is 4.79. The third-order valence-corrected chi connectivity index (χ3v) is 4.76. The number of Topliss-reactive ketones (excluding diaryl/α,β-unsaturated/α-hetero) is 1. The number of rotatable bonds is 7. The minimum Gasteiger partial charge on any atom is -0.478 e. The topological polar surface area (TPSA) is 83.6 Å². The van der Waals surface area contributed by atoms with Crippen LogP contribution in [0.4, 0.5) is 10.1 Å². The van der Waals surface area contributed by atoms with Crippen LogP contribution in [0.5, 0.6) is 5.75 Å². The number of aromatic nitrogens is 1. The van der Waals surface area contributed by atoms with Gasteiger partial charge in [0.1, 0.15) is 5.82 Å². The fourth-order valence-corrected chi connectivity index (χ4v) is 3.33. The summed E-state index contributed by atoms with van der Waals surface area (Å²) in [6, 6.07) is 4.68. The summed E-state index contributed by atoms with van der Waals surface area (Å²) in [4.78, 5) is 22.9. The highest BCUT2D eigenvalue weighted by molar-refractivity contribution is 5.98. The highest BCUT2D eigenvalue weighted by Crippen LogP contribution is 2.28. The van der Waals surface area contributed by atoms with Crippen molar-refractivity contribution in [2.45, 2.75) is 39.3 Å². The lowest BCUT2D eigenvalue weighted by atomic mass is 10.1. The average molecular weight is 376 g/mol. The number of hydrogen-bond acceptors (Lipinski definition) is 5. The van der Waals surface area contributed by atoms with Gasteiger partial charge in [0.25, 0.3) is 0 Å². The molecule has 1 aliphatic rings. The predicted octanol–water partition coefficient (Wildman–Crippen LogP) is 3.59. The lowest BCUT2D eigenvalue weighted by Gasteiger charge is -2.14. The molecule has 0 radical (unpaired) electrons. The van der Waals surface area contributed by atoms with Gasteiger partial charge in [0.15, 0.2) is 12.4 Å². The number of nitro groups is 1. The number of carbonyl (C=O) groups is 1. The van der Waals surface area contributed by atoms with E-state index in [1.54, 1.807) is 6.07 Å². The molecule has 1 aromatic carbocycles. The van der Waals surface area contributed by atoms with Gasteiger partial charge in [-0.05, 0) is 38.8 Å². The van der Waals surface area contributed by atoms with E-state index in [2.05, 4.69) is 0 Å². The summed E-state index contributed by atoms with van der Waals surface area (Å²) in [5.74, 6) is -1.25. The fraction of sp³-hybridized carbons (Fsp3) is 0.421. The Morgan fingerprint density at radius 2 is 2.19 bits per heavy atom. The van der Waals surface area contributed by atoms with Crippen molar-refractivity contribution >= 4 is 11.5 Å². The Hall–Kier alpha value is -2.74. The van der Waals surface area contributed by atoms with Crippen LogP contribution in [0.1, 0.15) is 34.6 Å². The summed E-state index contributed by atoms with van der Waals surface area (Å²) < 4.78 is 26.3. The molecular formula is C19H21FN2O5. The Labute approximate surface area is 155 Å². The first kappa shape index (κ1) is 19.0. The number of nitro benzene ring substituents is 1. The van der Waals surface area contributed by atoms with Gasteiger partial charge in [0.05, 0.1) is 11.0 Å². The van der Waals surface area contributed by atoms with Crippen molar-refractivity contribution in [3.8, 4) is 5.75 Å². The van der Waals surface area contributed by atoms with Crippen LogP contribution >= 0.6 is 0 Å². The van der Waals surface area contributed by atoms with Gasteiger partial charge in [-0.2, -0.15) is 0 Å². The van der Waals surface area contributed by atoms with E-state index in [1.807, 2.05) is 18.4 Å². The Kier molecular flexibility index (Phi) is 5.55. The molecule has 0 bridgehead atoms. The lowest BCUT2D eigenvalue weighted by molar-refractivity contribution is -0.385. The molecule has 0 saturated carbocycles. The van der Waals surface area contributed by atoms with Crippen LogP contribution in [-0.4, -0.2) is 34.6 Å². The van der Waals surface area contributed by atoms with Crippen molar-refractivity contribution < 1.29 is 23.6 Å². The summed E-state index contributed by atoms with van der Waals surface area (Å²) in [5.41, 5.74) is 1.84. The van der Waals surface area contributed by atoms with Crippen LogP contribution in [-0.2, 0) is 11.3 Å². The number of nitrogens with zero attached hydrogens (tertiary/aromatic N) is 2. The smallest absolute Gasteiger partial charge is 0.311 e. The lowest BCUT2D eigenvalue weighted by Crippen LogP contribution is -2.18. The maximum atomic E-state index is 13.4. The maximum Gasteiger partial charge on any atom is 0.311 e. The molecule has 0 amide bonds. The van der Waals surface area contributed by atoms with Crippen LogP contribution in [0, 0.1) is 29.8 Å². The molecular weight excluding hydrogens is 355 g/mol. The van der Waals surface area contributed by atoms with Gasteiger partial charge in [0, 0.05) is 42.2 Å². The van der Waals surface area contributed by atoms with Gasteiger partial charge in [-0.15, -0.1) is 0 Å². The van der Waals surface area contributed by atoms with Crippen molar-refractivity contribution in [3.63, 3.8) is 0 Å². The molecule has 0 spiro atoms. The summed E-state index contributed by atoms with van der Waals surface area (Å²) in [7, 11) is 0. The van der Waals surface area contributed by atoms with Crippen LogP contribution in [0.2, 0.25) is 0 Å². The molecule has 1 aliphatic heterocycles. The molecule has 3 rings (SSSR count). The van der Waals surface area contributed by atoms with Crippen LogP contribution in [0.3, 0.4) is 0 Å². The first-order chi connectivity index (χ1) is 12.9. The van der Waals surface area contributed by atoms with E-state index < -0.39 is 17.3 Å². The van der Waals surface area contributed by atoms with Crippen molar-refractivity contribution in [3.05, 3.63) is 57.1 Å². The van der Waals surface area contributed by atoms with Crippen molar-refractivity contribution in [1.82, 2.24) is 4.57 Å². The maximum absolute atomic E-state index is 13.4. The van der Waals surface area contributed by atoms with Gasteiger partial charge in [-0.1, -0.05) is 0 Å². The zero-order chi connectivity index (χ0) is 19.6. The number of benzene rings is 1. The predicted molar refractivity (Wildman–Crippen MR) is 95.8 cm³/mol. The average Bonchev–Trinajstić information content (AvgIpc) is 3.23. The van der Waals surface area contributed by atoms with E-state index in [1.165, 1.54) is 0 Å². The van der Waals surface area contributed by atoms with Gasteiger partial charge in [-0.25, -0.2) is 4.39 Å². The molecule has 2 aromatic rings. The van der Waals surface area contributed by atoms with Crippen LogP contribution in [0.25, 0.3) is 0 Å². The molecule has 7 nitrogen and oxygen atoms in total. The second-order valence-electron chi connectivity index (χ2n) is 6.61. The van der Waals surface area contributed by atoms with E-state index in [-0.39, 0.29) is 23.3 Å². The van der Waals surface area contributed by atoms with E-state index >= 15 is 0 Å². The minimum absolute atomic E-state index is 0.143. The molecule has 0 aliphatic carbocycles. The molecule has 0 N–H and O–H groups in total. The van der Waals surface area contributed by atoms with E-state index in [9.17, 15) is 19.3 Å². The second kappa shape index (κ2) is 7.87. The van der Waals surface area contributed by atoms with Gasteiger partial charge in [0.2, 0.25) is 5.78 Å². The number of ether oxygens (including phenoxy) is 2. The van der Waals surface area contributed by atoms with E-state index in [0.717, 1.165) is 49.0 Å². The summed E-state index contributed by atoms with van der Waals surface area (Å²) in [6.07, 6.45) is 2.17. The Balaban J connectivity index is 1.73. The minimum atomic E-state index is -0.674. The molecule has 27 heavy (non-hydrogen) atoms. The highest BCUT2D eigenvalue weighted by atomic mass is 19.1. The second-order valence-corrected chi connectivity index (χ2v) is 6.61. The molecule has 0 unspecified atom stereocenters. The number of carbonyl (C=O) groups excluding carboxylic acids is 1. The van der Waals surface area contributed by atoms with Crippen LogP contribution in [0.15, 0.2) is 24.3 Å². The van der Waals surface area contributed by atoms with Gasteiger partial charge in [-0.3, -0.25) is 14.9 Å². The summed E-state index contributed by atoms with van der Waals surface area (Å²) in [5, 5.41) is 11.0. The summed E-state index contributed by atoms with van der Waals surface area (Å²) >= 11 is 0. The molecule has 1 saturated heterocycles. The van der Waals surface area contributed by atoms with Crippen molar-refractivity contribution in [2.75, 3.05) is 13.2 Å². The quantitative estimate of drug-likeness (QED) is 0.419. The van der Waals surface area contributed by atoms with Crippen LogP contribution < -0.4 is 4.74 Å². The molecule has 8 heteroatoms. The third-order valence-electron chi connectivity index (χ3n) is 4.76. The number of halogens is 1. The van der Waals surface area contributed by atoms with Gasteiger partial charge >= 0.3 is 5.69 Å². The van der Waals surface area contributed by atoms with Gasteiger partial charge < -0.3 is 14.0 Å². The number of hydrogen-bond donors (Lipinski definition) is 0. The third kappa shape index (κ3) is 4.16. The largest absolute Gasteiger partial charge is 0.478 e. The van der Waals surface area contributed by atoms with Crippen molar-refractivity contribution in [1.29, 1.82) is 0 Å². The highest BCUT2D eigenvalue weighted by Gasteiger charge is 2.22. The van der Waals surface area contributed by atoms with E-state index in [4.69, 9.17) is 9.47 Å². The number of aryl methyl sites for hydroxylation is 1. The van der Waals surface area contributed by atoms with Crippen molar-refractivity contribution in [2.24, 2.45) is 0 Å². The zero-order valence-electron chi connectivity index (χ0n) is 15.2. The first-order valence-corrected chi connectivity index (χ1v) is 8.75. The Morgan fingerprint density at radius 3 is 2.85 bits per heavy atom. The molecule has 1 atom stereocenters. The molecule has 144 valence electrons. The Bertz CT molecular complexity index is 871. The molecule has 1 aromatic heterocycles. The number of ketones is 1. The Morgan fingerprint density at radius 1 is 1.41 bits per heavy atom. The SMILES string of the molecule is Cc1cc(C(=O)COc2cc(F)ccc2[N+](=O)[O-])c(C)n1C[C@H]1CCCO1. The monoisotopic (exact) mass is 376 g/mol. The zero-order valence-corrected chi connectivity index (χ0v) is 15.2.